The van der Waals surface area contributed by atoms with Crippen molar-refractivity contribution in [2.24, 2.45) is 0 Å². The van der Waals surface area contributed by atoms with Gasteiger partial charge < -0.3 is 23.4 Å². The Hall–Kier alpha value is -14.2. The van der Waals surface area contributed by atoms with Crippen molar-refractivity contribution in [3.05, 3.63) is 380 Å². The second-order valence-corrected chi connectivity index (χ2v) is 35.3. The van der Waals surface area contributed by atoms with E-state index in [9.17, 15) is 15.1 Å². The maximum absolute atomic E-state index is 10.9. The molecule has 0 unspecified atom stereocenters. The quantitative estimate of drug-likeness (QED) is 0.155. The summed E-state index contributed by atoms with van der Waals surface area (Å²) in [5.74, 6) is 0. The van der Waals surface area contributed by atoms with E-state index in [1.165, 1.54) is 0 Å². The van der Waals surface area contributed by atoms with E-state index in [-0.39, 0.29) is 43.7 Å². The normalized spacial score (nSPS) is 14.7. The summed E-state index contributed by atoms with van der Waals surface area (Å²) in [6.07, 6.45) is 0. The average Bonchev–Trinajstić information content (AvgIpc) is 0.733. The van der Waals surface area contributed by atoms with Crippen LogP contribution < -0.4 is 26.2 Å². The number of hydrogen-bond acceptors (Lipinski definition) is 3. The predicted octanol–water partition coefficient (Wildman–Crippen LogP) is 29.4. The number of rotatable bonds is 6. The standard InChI is InChI=1S/C114H87BN4O/c1-112(2,3)82-62-90(71-30-15-11-16-31-71)110-92(64-82)80-38-26-36-75(57-80)77-47-54-107-95(59-77)96-60-78(48-55-108(96)120-107)76-37-27-39-81(58-76)93-65-83(113(4,5)6)63-91(72-32-17-12-18-33-72)111(93)119-104-69-86(117-101-45-24-21-42-89(101)94-68-85(50-53-102(94)117)116-99-43-22-19-40-87(99)88-41-20-23-44-100(88)116)49-52-98(104)115-97-51-46-79(74-35-25-34-73(56-74)70-28-13-10-14-29-70)61-103(97)118(110)105-66-84(114(7,8)9)67-106(119)109(105)115/h10-69H,1-9H3/i19D,20D,21D,22D,23D,24D,40D,41D,42D,43D,44D,45D,50D,53D,68D. The van der Waals surface area contributed by atoms with Gasteiger partial charge in [-0.3, -0.25) is 0 Å². The molecule has 0 amide bonds. The van der Waals surface area contributed by atoms with Gasteiger partial charge in [-0.05, 0) is 249 Å². The molecular weight excluding hydrogens is 1450 g/mol. The number of anilines is 6. The Bertz CT molecular complexity index is 8560. The number of aromatic nitrogens is 2. The molecule has 0 spiro atoms. The fourth-order valence-electron chi connectivity index (χ4n) is 18.8. The van der Waals surface area contributed by atoms with Crippen LogP contribution in [0.5, 0.6) is 0 Å². The third kappa shape index (κ3) is 11.3. The third-order valence-corrected chi connectivity index (χ3v) is 24.9. The highest BCUT2D eigenvalue weighted by Gasteiger charge is 2.47. The Morgan fingerprint density at radius 2 is 0.625 bits per heavy atom. The molecule has 6 heterocycles. The Labute approximate surface area is 722 Å². The summed E-state index contributed by atoms with van der Waals surface area (Å²) in [4.78, 5) is 4.99. The first-order valence-electron chi connectivity index (χ1n) is 48.6. The first-order valence-corrected chi connectivity index (χ1v) is 41.1. The molecule has 23 rings (SSSR count). The summed E-state index contributed by atoms with van der Waals surface area (Å²) in [6, 6.07) is 88.4. The molecule has 0 aliphatic carbocycles. The van der Waals surface area contributed by atoms with Crippen molar-refractivity contribution in [2.45, 2.75) is 78.6 Å². The molecule has 20 aromatic rings. The van der Waals surface area contributed by atoms with E-state index >= 15 is 0 Å². The lowest BCUT2D eigenvalue weighted by molar-refractivity contribution is 0.590. The lowest BCUT2D eigenvalue weighted by atomic mass is 9.33. The van der Waals surface area contributed by atoms with Gasteiger partial charge in [0, 0.05) is 88.7 Å². The second kappa shape index (κ2) is 26.7. The Morgan fingerprint density at radius 3 is 1.11 bits per heavy atom. The van der Waals surface area contributed by atoms with Crippen LogP contribution in [0.3, 0.4) is 0 Å². The highest BCUT2D eigenvalue weighted by atomic mass is 16.3. The number of fused-ring (bicyclic) bond motifs is 26. The van der Waals surface area contributed by atoms with Gasteiger partial charge in [-0.1, -0.05) is 293 Å². The zero-order valence-electron chi connectivity index (χ0n) is 82.8. The predicted molar refractivity (Wildman–Crippen MR) is 510 cm³/mol. The largest absolute Gasteiger partial charge is 0.456 e. The van der Waals surface area contributed by atoms with Crippen LogP contribution in [0.25, 0.3) is 166 Å². The maximum atomic E-state index is 10.9. The van der Waals surface area contributed by atoms with Gasteiger partial charge in [0.1, 0.15) is 11.2 Å². The summed E-state index contributed by atoms with van der Waals surface area (Å²) in [6.45, 7) is 19.7. The topological polar surface area (TPSA) is 29.5 Å². The molecule has 120 heavy (non-hydrogen) atoms. The van der Waals surface area contributed by atoms with Gasteiger partial charge in [-0.15, -0.1) is 0 Å². The molecular formula is C114H87BN4O. The highest BCUT2D eigenvalue weighted by Crippen LogP contribution is 2.57. The number of furan rings is 1. The molecule has 17 aromatic carbocycles. The van der Waals surface area contributed by atoms with Gasteiger partial charge in [0.05, 0.1) is 54.0 Å². The molecule has 3 aromatic heterocycles. The number of hydrogen-bond donors (Lipinski definition) is 0. The van der Waals surface area contributed by atoms with Gasteiger partial charge in [0.2, 0.25) is 0 Å². The van der Waals surface area contributed by atoms with Crippen molar-refractivity contribution < 1.29 is 25.0 Å². The van der Waals surface area contributed by atoms with Crippen molar-refractivity contribution in [1.82, 2.24) is 9.13 Å². The number of benzene rings is 17. The van der Waals surface area contributed by atoms with E-state index in [1.54, 1.807) is 4.57 Å². The fraction of sp³-hybridized carbons (Fsp3) is 0.105. The van der Waals surface area contributed by atoms with Crippen LogP contribution in [0.1, 0.15) is 99.6 Å². The first-order chi connectivity index (χ1) is 64.6. The summed E-state index contributed by atoms with van der Waals surface area (Å²) in [7, 11) is 0. The number of nitrogens with zero attached hydrogens (tertiary/aromatic N) is 4. The van der Waals surface area contributed by atoms with E-state index in [0.717, 1.165) is 177 Å². The number of para-hydroxylation sites is 3. The average molecular weight is 1550 g/mol. The van der Waals surface area contributed by atoms with Crippen molar-refractivity contribution >= 4 is 123 Å². The van der Waals surface area contributed by atoms with Crippen LogP contribution in [0.15, 0.2) is 368 Å². The monoisotopic (exact) mass is 1550 g/mol. The summed E-state index contributed by atoms with van der Waals surface area (Å²) >= 11 is 0. The van der Waals surface area contributed by atoms with Crippen LogP contribution in [-0.4, -0.2) is 15.8 Å². The summed E-state index contributed by atoms with van der Waals surface area (Å²) in [5.41, 5.74) is 25.1. The molecule has 0 atom stereocenters. The minimum absolute atomic E-state index is 0.148. The molecule has 0 N–H and O–H groups in total. The molecule has 572 valence electrons. The second-order valence-electron chi connectivity index (χ2n) is 35.3. The van der Waals surface area contributed by atoms with Crippen molar-refractivity contribution in [1.29, 1.82) is 0 Å². The zero-order chi connectivity index (χ0) is 93.8. The lowest BCUT2D eigenvalue weighted by Gasteiger charge is -2.47. The first kappa shape index (κ1) is 57.0. The Balaban J connectivity index is 0.914. The van der Waals surface area contributed by atoms with Crippen LogP contribution >= 0.6 is 0 Å². The van der Waals surface area contributed by atoms with Gasteiger partial charge in [-0.2, -0.15) is 0 Å². The molecule has 0 fully saturated rings. The van der Waals surface area contributed by atoms with Crippen molar-refractivity contribution in [3.63, 3.8) is 0 Å². The minimum atomic E-state index is -0.734. The third-order valence-electron chi connectivity index (χ3n) is 24.9. The van der Waals surface area contributed by atoms with Gasteiger partial charge >= 0.3 is 0 Å². The molecule has 3 aliphatic heterocycles. The SMILES string of the molecule is [2H]c1c([2H])c([2H])c2c(c1[2H])c1c([2H])c(-n3c4c([2H])c([2H])c([2H])c([2H])c4c4c([2H])c([2H])c([2H])c([2H])c43)c([2H])c([2H])c1n2-c1ccc2c(c1)N1c3cc(C(C)(C)C)cc4c3B2c2ccc(-c3cccc(-c5ccccc5)c3)cc2N4c2c(-c3ccccc3)cc(C(C)(C)C)cc2-c2cccc(c2)-c2ccc3oc4ccc(cc4c3c2)-c2cccc(c2)-c2cc(C(C)(C)C)cc(-c3ccccc3)c21. The van der Waals surface area contributed by atoms with E-state index in [2.05, 4.69) is 321 Å². The van der Waals surface area contributed by atoms with Crippen LogP contribution in [0, 0.1) is 0 Å². The Morgan fingerprint density at radius 1 is 0.267 bits per heavy atom. The minimum Gasteiger partial charge on any atom is -0.456 e. The molecule has 6 heteroatoms. The van der Waals surface area contributed by atoms with Crippen LogP contribution in [0.2, 0.25) is 0 Å². The molecule has 3 aliphatic rings. The smallest absolute Gasteiger partial charge is 0.252 e. The summed E-state index contributed by atoms with van der Waals surface area (Å²) in [5, 5.41) is 0.858. The molecule has 5 nitrogen and oxygen atoms in total. The highest BCUT2D eigenvalue weighted by molar-refractivity contribution is 7.00. The van der Waals surface area contributed by atoms with Gasteiger partial charge in [0.25, 0.3) is 6.71 Å². The van der Waals surface area contributed by atoms with Crippen LogP contribution in [-0.2, 0) is 16.2 Å². The molecule has 0 saturated heterocycles. The molecule has 0 radical (unpaired) electrons. The molecule has 13 bridgehead atoms. The van der Waals surface area contributed by atoms with Gasteiger partial charge in [-0.25, -0.2) is 0 Å². The fourth-order valence-corrected chi connectivity index (χ4v) is 18.8. The van der Waals surface area contributed by atoms with Crippen LogP contribution in [0.4, 0.5) is 34.1 Å². The lowest BCUT2D eigenvalue weighted by Crippen LogP contribution is -2.61. The van der Waals surface area contributed by atoms with Gasteiger partial charge in [0.15, 0.2) is 0 Å². The Kier molecular flexibility index (Phi) is 12.7. The van der Waals surface area contributed by atoms with E-state index < -0.39 is 125 Å². The van der Waals surface area contributed by atoms with E-state index in [1.807, 2.05) is 24.3 Å². The zero-order valence-corrected chi connectivity index (χ0v) is 67.8. The molecule has 0 saturated carbocycles. The van der Waals surface area contributed by atoms with E-state index in [0.29, 0.717) is 5.69 Å². The van der Waals surface area contributed by atoms with Crippen molar-refractivity contribution in [2.75, 3.05) is 9.80 Å². The van der Waals surface area contributed by atoms with E-state index in [4.69, 9.17) is 9.90 Å². The maximum Gasteiger partial charge on any atom is 0.252 e. The van der Waals surface area contributed by atoms with Crippen molar-refractivity contribution in [3.8, 4) is 100 Å². The summed E-state index contributed by atoms with van der Waals surface area (Å²) < 4.78 is 156.